The molecule has 450 valence electrons. The van der Waals surface area contributed by atoms with E-state index in [1.54, 1.807) is 0 Å². The van der Waals surface area contributed by atoms with Gasteiger partial charge in [-0.25, -0.2) is 0 Å². The van der Waals surface area contributed by atoms with Gasteiger partial charge in [0.2, 0.25) is 0 Å². The van der Waals surface area contributed by atoms with Crippen molar-refractivity contribution in [3.05, 3.63) is 86.5 Å². The van der Waals surface area contributed by atoms with E-state index in [-0.39, 0.29) is 95.4 Å². The minimum atomic E-state index is -1.35. The summed E-state index contributed by atoms with van der Waals surface area (Å²) < 4.78 is 24.8. The summed E-state index contributed by atoms with van der Waals surface area (Å²) >= 11 is 5.82. The van der Waals surface area contributed by atoms with E-state index in [0.717, 1.165) is 69.3 Å². The zero-order chi connectivity index (χ0) is 60.7. The first-order valence-electron chi connectivity index (χ1n) is 30.0. The van der Waals surface area contributed by atoms with E-state index in [1.807, 2.05) is 36.4 Å². The number of aromatic hydroxyl groups is 3. The lowest BCUT2D eigenvalue weighted by molar-refractivity contribution is -0.164. The fraction of sp³-hybridized carbons (Fsp3) is 0.681. The van der Waals surface area contributed by atoms with Gasteiger partial charge in [-0.05, 0) is 120 Å². The first-order valence-corrected chi connectivity index (χ1v) is 30.4. The number of thiocarbonyl (C=S) groups is 1. The molecular formula is C69H108O10S. The van der Waals surface area contributed by atoms with Crippen molar-refractivity contribution in [1.29, 1.82) is 0 Å². The molecule has 0 spiro atoms. The Balaban J connectivity index is 2.00. The minimum absolute atomic E-state index is 0.0189. The molecule has 0 radical (unpaired) electrons. The Hall–Kier alpha value is -4.64. The number of ether oxygens (including phenoxy) is 4. The molecule has 0 saturated carbocycles. The number of carbonyl (C=O) groups is 3. The zero-order valence-electron chi connectivity index (χ0n) is 53.4. The number of aryl methyl sites for hydroxylation is 3. The maximum absolute atomic E-state index is 14.0. The Morgan fingerprint density at radius 3 is 0.825 bits per heavy atom. The molecule has 0 bridgehead atoms. The molecule has 0 aromatic heterocycles. The van der Waals surface area contributed by atoms with E-state index < -0.39 is 23.3 Å². The van der Waals surface area contributed by atoms with Crippen LogP contribution in [-0.4, -0.2) is 64.7 Å². The summed E-state index contributed by atoms with van der Waals surface area (Å²) in [6.45, 7) is 38.1. The predicted molar refractivity (Wildman–Crippen MR) is 332 cm³/mol. The van der Waals surface area contributed by atoms with Crippen LogP contribution >= 0.6 is 12.2 Å². The second kappa shape index (κ2) is 29.6. The number of benzene rings is 3. The van der Waals surface area contributed by atoms with E-state index >= 15 is 0 Å². The van der Waals surface area contributed by atoms with Gasteiger partial charge in [-0.2, -0.15) is 0 Å². The smallest absolute Gasteiger partial charge is 0.306 e. The largest absolute Gasteiger partial charge is 0.507 e. The molecule has 3 aromatic rings. The van der Waals surface area contributed by atoms with Gasteiger partial charge in [-0.15, -0.1) is 0 Å². The average molecular weight is 1130 g/mol. The van der Waals surface area contributed by atoms with Crippen molar-refractivity contribution >= 4 is 35.2 Å². The van der Waals surface area contributed by atoms with Gasteiger partial charge in [-0.3, -0.25) is 14.4 Å². The number of phenols is 3. The van der Waals surface area contributed by atoms with Crippen molar-refractivity contribution in [3.63, 3.8) is 0 Å². The minimum Gasteiger partial charge on any atom is -0.507 e. The van der Waals surface area contributed by atoms with Gasteiger partial charge in [0.05, 0.1) is 0 Å². The van der Waals surface area contributed by atoms with Gasteiger partial charge in [0.1, 0.15) is 49.1 Å². The van der Waals surface area contributed by atoms with Crippen LogP contribution in [0.4, 0.5) is 0 Å². The Morgan fingerprint density at radius 1 is 0.362 bits per heavy atom. The second-order valence-electron chi connectivity index (χ2n) is 29.2. The van der Waals surface area contributed by atoms with Gasteiger partial charge in [0.25, 0.3) is 0 Å². The molecule has 0 aliphatic rings. The number of phenolic OH excluding ortho intramolecular Hbond substituents is 3. The van der Waals surface area contributed by atoms with Gasteiger partial charge in [-0.1, -0.05) is 226 Å². The van der Waals surface area contributed by atoms with Crippen LogP contribution in [0.15, 0.2) is 36.4 Å². The highest BCUT2D eigenvalue weighted by Gasteiger charge is 2.38. The molecule has 80 heavy (non-hydrogen) atoms. The van der Waals surface area contributed by atoms with Crippen LogP contribution in [0.3, 0.4) is 0 Å². The molecule has 3 N–H and O–H groups in total. The summed E-state index contributed by atoms with van der Waals surface area (Å²) in [4.78, 5) is 42.0. The van der Waals surface area contributed by atoms with Gasteiger partial charge in [0.15, 0.2) is 5.05 Å². The normalized spacial score (nSPS) is 12.8. The number of carbonyl (C=O) groups excluding carboxylic acids is 3. The van der Waals surface area contributed by atoms with E-state index in [1.165, 1.54) is 44.9 Å². The lowest BCUT2D eigenvalue weighted by Crippen LogP contribution is -2.44. The van der Waals surface area contributed by atoms with Crippen LogP contribution in [0.25, 0.3) is 0 Å². The van der Waals surface area contributed by atoms with E-state index in [0.29, 0.717) is 30.7 Å². The van der Waals surface area contributed by atoms with Gasteiger partial charge < -0.3 is 34.3 Å². The fourth-order valence-corrected chi connectivity index (χ4v) is 10.1. The van der Waals surface area contributed by atoms with E-state index in [2.05, 4.69) is 132 Å². The molecule has 0 saturated heterocycles. The molecule has 0 aliphatic heterocycles. The number of hydrogen-bond acceptors (Lipinski definition) is 11. The molecule has 0 amide bonds. The van der Waals surface area contributed by atoms with Crippen molar-refractivity contribution in [1.82, 2.24) is 0 Å². The molecule has 0 atom stereocenters. The lowest BCUT2D eigenvalue weighted by atomic mass is 9.78. The Labute approximate surface area is 490 Å². The molecular weight excluding hydrogens is 1020 g/mol. The van der Waals surface area contributed by atoms with Crippen LogP contribution in [0.1, 0.15) is 272 Å². The lowest BCUT2D eigenvalue weighted by Gasteiger charge is -2.32. The van der Waals surface area contributed by atoms with Crippen molar-refractivity contribution in [2.45, 2.75) is 273 Å². The Bertz CT molecular complexity index is 2160. The Kier molecular flexibility index (Phi) is 25.7. The number of unbranched alkanes of at least 4 members (excludes halogenated alkanes) is 9. The first kappa shape index (κ1) is 69.6. The molecule has 0 heterocycles. The van der Waals surface area contributed by atoms with Gasteiger partial charge >= 0.3 is 17.9 Å². The second-order valence-corrected chi connectivity index (χ2v) is 29.6. The third-order valence-electron chi connectivity index (χ3n) is 15.1. The summed E-state index contributed by atoms with van der Waals surface area (Å²) in [5.41, 5.74) is 3.97. The standard InChI is InChI=1S/C69H108O10S/c1-20-21-22-23-24-25-26-27-28-29-30-59(80)79-46-69(43-76-56(70)34-31-47-37-50(63(2,3)4)60(73)51(38-47)64(5,6)7,44-77-57(71)35-32-48-39-52(65(8,9)10)61(74)53(40-48)66(11,12)13)45-78-58(72)36-33-49-41-54(67(14,15)16)62(75)55(42-49)68(17,18)19/h37-42,73-75H,20-36,43-46H2,1-19H3. The van der Waals surface area contributed by atoms with Crippen molar-refractivity contribution < 1.29 is 48.7 Å². The van der Waals surface area contributed by atoms with Crippen molar-refractivity contribution in [2.24, 2.45) is 5.41 Å². The van der Waals surface area contributed by atoms with Crippen LogP contribution in [0.2, 0.25) is 0 Å². The quantitative estimate of drug-likeness (QED) is 0.0276. The van der Waals surface area contributed by atoms with Crippen LogP contribution < -0.4 is 0 Å². The van der Waals surface area contributed by atoms with Gasteiger partial charge in [0, 0.05) is 25.7 Å². The summed E-state index contributed by atoms with van der Waals surface area (Å²) in [5.74, 6) is -0.731. The zero-order valence-corrected chi connectivity index (χ0v) is 54.2. The highest BCUT2D eigenvalue weighted by Crippen LogP contribution is 2.43. The number of esters is 3. The Morgan fingerprint density at radius 2 is 0.588 bits per heavy atom. The van der Waals surface area contributed by atoms with E-state index in [4.69, 9.17) is 31.2 Å². The highest BCUT2D eigenvalue weighted by atomic mass is 32.1. The molecule has 3 rings (SSSR count). The maximum Gasteiger partial charge on any atom is 0.306 e. The SMILES string of the molecule is CCCCCCCCCCCCC(=S)OCC(COC(=O)CCc1cc(C(C)(C)C)c(O)c(C(C)(C)C)c1)(COC(=O)CCc1cc(C(C)(C)C)c(O)c(C(C)(C)C)c1)COC(=O)CCc1cc(C(C)(C)C)c(O)c(C(C)(C)C)c1. The molecule has 0 aliphatic carbocycles. The molecule has 0 unspecified atom stereocenters. The molecule has 3 aromatic carbocycles. The van der Waals surface area contributed by atoms with E-state index in [9.17, 15) is 29.7 Å². The maximum atomic E-state index is 14.0. The number of rotatable bonds is 28. The third-order valence-corrected chi connectivity index (χ3v) is 15.4. The van der Waals surface area contributed by atoms with Crippen molar-refractivity contribution in [2.75, 3.05) is 26.4 Å². The van der Waals surface area contributed by atoms with Crippen LogP contribution in [0, 0.1) is 5.41 Å². The molecule has 0 fully saturated rings. The van der Waals surface area contributed by atoms with Crippen molar-refractivity contribution in [3.8, 4) is 17.2 Å². The predicted octanol–water partition coefficient (Wildman–Crippen LogP) is 17.1. The first-order chi connectivity index (χ1) is 36.8. The summed E-state index contributed by atoms with van der Waals surface area (Å²) in [6, 6.07) is 11.8. The summed E-state index contributed by atoms with van der Waals surface area (Å²) in [7, 11) is 0. The fourth-order valence-electron chi connectivity index (χ4n) is 9.92. The summed E-state index contributed by atoms with van der Waals surface area (Å²) in [6.07, 6.45) is 13.4. The summed E-state index contributed by atoms with van der Waals surface area (Å²) in [5, 5.41) is 34.5. The number of hydrogen-bond donors (Lipinski definition) is 3. The molecule has 10 nitrogen and oxygen atoms in total. The van der Waals surface area contributed by atoms with Crippen LogP contribution in [-0.2, 0) is 85.1 Å². The highest BCUT2D eigenvalue weighted by molar-refractivity contribution is 7.80. The monoisotopic (exact) mass is 1130 g/mol. The third kappa shape index (κ3) is 22.6. The topological polar surface area (TPSA) is 149 Å². The average Bonchev–Trinajstić information content (AvgIpc) is 3.33. The molecule has 11 heteroatoms. The van der Waals surface area contributed by atoms with Crippen LogP contribution in [0.5, 0.6) is 17.2 Å².